The van der Waals surface area contributed by atoms with E-state index in [2.05, 4.69) is 19.9 Å². The Hall–Kier alpha value is -1.81. The average molecular weight is 399 g/mol. The molecule has 3 heterocycles. The van der Waals surface area contributed by atoms with E-state index in [-0.39, 0.29) is 43.1 Å². The number of aromatic amines is 1. The van der Waals surface area contributed by atoms with Crippen LogP contribution in [-0.4, -0.2) is 66.0 Å². The molecule has 148 valence electrons. The summed E-state index contributed by atoms with van der Waals surface area (Å²) in [5, 5.41) is 0.946. The minimum Gasteiger partial charge on any atom is -0.356 e. The summed E-state index contributed by atoms with van der Waals surface area (Å²) in [5.74, 6) is 0.828. The number of H-pyrrole nitrogens is 1. The van der Waals surface area contributed by atoms with E-state index in [0.717, 1.165) is 29.7 Å². The fraction of sp³-hybridized carbons (Fsp3) is 0.647. The molecule has 4 rings (SSSR count). The average Bonchev–Trinajstić information content (AvgIpc) is 3.01. The van der Waals surface area contributed by atoms with E-state index in [4.69, 9.17) is 0 Å². The molecule has 2 aromatic rings. The van der Waals surface area contributed by atoms with Gasteiger partial charge in [0.25, 0.3) is 0 Å². The van der Waals surface area contributed by atoms with Crippen LogP contribution in [0.5, 0.6) is 0 Å². The van der Waals surface area contributed by atoms with Crippen LogP contribution in [0.15, 0.2) is 18.6 Å². The first-order valence-corrected chi connectivity index (χ1v) is 10.7. The Morgan fingerprint density at radius 1 is 1.30 bits per heavy atom. The lowest BCUT2D eigenvalue weighted by molar-refractivity contribution is 0.0733. The van der Waals surface area contributed by atoms with Crippen LogP contribution in [0.2, 0.25) is 0 Å². The Morgan fingerprint density at radius 2 is 2.04 bits per heavy atom. The molecule has 10 heteroatoms. The van der Waals surface area contributed by atoms with Gasteiger partial charge in [-0.3, -0.25) is 0 Å². The third kappa shape index (κ3) is 3.64. The van der Waals surface area contributed by atoms with Gasteiger partial charge in [0.2, 0.25) is 16.4 Å². The first-order valence-electron chi connectivity index (χ1n) is 9.10. The lowest BCUT2D eigenvalue weighted by atomic mass is 9.81. The van der Waals surface area contributed by atoms with E-state index in [9.17, 15) is 17.2 Å². The van der Waals surface area contributed by atoms with Crippen molar-refractivity contribution in [1.82, 2.24) is 19.3 Å². The predicted molar refractivity (Wildman–Crippen MR) is 98.3 cm³/mol. The molecule has 0 spiro atoms. The van der Waals surface area contributed by atoms with Crippen molar-refractivity contribution in [3.05, 3.63) is 18.6 Å². The SMILES string of the molecule is CN(c1ncnc2[nH]ccc12)[C@H]1C[C@@H](CS(=O)(=O)N2CC(CC(F)F)C2)C1. The number of rotatable bonds is 7. The topological polar surface area (TPSA) is 82.2 Å². The van der Waals surface area contributed by atoms with E-state index < -0.39 is 16.4 Å². The van der Waals surface area contributed by atoms with Gasteiger partial charge in [0.05, 0.1) is 11.1 Å². The first kappa shape index (κ1) is 18.5. The number of nitrogens with one attached hydrogen (secondary N) is 1. The van der Waals surface area contributed by atoms with Gasteiger partial charge in [-0.05, 0) is 30.7 Å². The molecule has 0 amide bonds. The van der Waals surface area contributed by atoms with Crippen molar-refractivity contribution < 1.29 is 17.2 Å². The Balaban J connectivity index is 1.30. The number of hydrogen-bond donors (Lipinski definition) is 1. The molecule has 2 fully saturated rings. The molecule has 27 heavy (non-hydrogen) atoms. The normalized spacial score (nSPS) is 24.1. The lowest BCUT2D eigenvalue weighted by Gasteiger charge is -2.44. The van der Waals surface area contributed by atoms with Crippen LogP contribution >= 0.6 is 0 Å². The minimum absolute atomic E-state index is 0.0974. The van der Waals surface area contributed by atoms with Gasteiger partial charge in [0.1, 0.15) is 17.8 Å². The van der Waals surface area contributed by atoms with Crippen LogP contribution in [0.3, 0.4) is 0 Å². The zero-order valence-corrected chi connectivity index (χ0v) is 15.9. The highest BCUT2D eigenvalue weighted by atomic mass is 32.2. The second kappa shape index (κ2) is 6.97. The van der Waals surface area contributed by atoms with Gasteiger partial charge in [-0.15, -0.1) is 0 Å². The summed E-state index contributed by atoms with van der Waals surface area (Å²) in [6.07, 6.45) is 2.32. The molecule has 0 aromatic carbocycles. The Kier molecular flexibility index (Phi) is 4.79. The van der Waals surface area contributed by atoms with Crippen molar-refractivity contribution in [3.63, 3.8) is 0 Å². The zero-order chi connectivity index (χ0) is 19.2. The van der Waals surface area contributed by atoms with E-state index in [0.29, 0.717) is 0 Å². The monoisotopic (exact) mass is 399 g/mol. The summed E-state index contributed by atoms with van der Waals surface area (Å²) in [7, 11) is -1.39. The van der Waals surface area contributed by atoms with Crippen molar-refractivity contribution in [2.45, 2.75) is 31.7 Å². The molecule has 1 aliphatic heterocycles. The summed E-state index contributed by atoms with van der Waals surface area (Å²) >= 11 is 0. The molecule has 7 nitrogen and oxygen atoms in total. The van der Waals surface area contributed by atoms with E-state index in [1.807, 2.05) is 19.3 Å². The van der Waals surface area contributed by atoms with Gasteiger partial charge in [0, 0.05) is 38.8 Å². The number of sulfonamides is 1. The van der Waals surface area contributed by atoms with Crippen molar-refractivity contribution in [2.24, 2.45) is 11.8 Å². The number of halogens is 2. The van der Waals surface area contributed by atoms with Crippen molar-refractivity contribution in [1.29, 1.82) is 0 Å². The maximum absolute atomic E-state index is 12.4. The molecule has 0 atom stereocenters. The highest BCUT2D eigenvalue weighted by molar-refractivity contribution is 7.89. The molecule has 0 radical (unpaired) electrons. The van der Waals surface area contributed by atoms with Gasteiger partial charge in [-0.1, -0.05) is 0 Å². The van der Waals surface area contributed by atoms with Gasteiger partial charge in [0.15, 0.2) is 0 Å². The number of hydrogen-bond acceptors (Lipinski definition) is 5. The third-order valence-electron chi connectivity index (χ3n) is 5.70. The van der Waals surface area contributed by atoms with Crippen LogP contribution < -0.4 is 4.90 Å². The molecule has 1 aliphatic carbocycles. The second-order valence-electron chi connectivity index (χ2n) is 7.63. The van der Waals surface area contributed by atoms with Crippen LogP contribution in [0.25, 0.3) is 11.0 Å². The summed E-state index contributed by atoms with van der Waals surface area (Å²) in [5.41, 5.74) is 0.779. The fourth-order valence-corrected chi connectivity index (χ4v) is 5.97. The fourth-order valence-electron chi connectivity index (χ4n) is 4.02. The zero-order valence-electron chi connectivity index (χ0n) is 15.1. The Bertz CT molecular complexity index is 907. The van der Waals surface area contributed by atoms with Crippen molar-refractivity contribution in [2.75, 3.05) is 30.8 Å². The van der Waals surface area contributed by atoms with Gasteiger partial charge in [-0.2, -0.15) is 0 Å². The summed E-state index contributed by atoms with van der Waals surface area (Å²) in [6.45, 7) is 0.463. The highest BCUT2D eigenvalue weighted by Gasteiger charge is 2.41. The minimum atomic E-state index is -3.35. The summed E-state index contributed by atoms with van der Waals surface area (Å²) < 4.78 is 50.9. The van der Waals surface area contributed by atoms with E-state index >= 15 is 0 Å². The molecule has 0 unspecified atom stereocenters. The number of anilines is 1. The van der Waals surface area contributed by atoms with Crippen molar-refractivity contribution >= 4 is 26.9 Å². The van der Waals surface area contributed by atoms with Crippen LogP contribution in [-0.2, 0) is 10.0 Å². The van der Waals surface area contributed by atoms with Crippen molar-refractivity contribution in [3.8, 4) is 0 Å². The molecule has 0 bridgehead atoms. The molecule has 1 saturated carbocycles. The standard InChI is InChI=1S/C17H23F2N5O2S/c1-23(17-14-2-3-20-16(14)21-10-22-17)13-4-11(5-13)9-27(25,26)24-7-12(8-24)6-15(18)19/h2-3,10-13,15H,4-9H2,1H3,(H,20,21,22)/t11-,13+. The number of nitrogens with zero attached hydrogens (tertiary/aromatic N) is 4. The third-order valence-corrected chi connectivity index (χ3v) is 7.68. The summed E-state index contributed by atoms with van der Waals surface area (Å²) in [4.78, 5) is 13.7. The maximum Gasteiger partial charge on any atom is 0.239 e. The van der Waals surface area contributed by atoms with Gasteiger partial charge >= 0.3 is 0 Å². The lowest BCUT2D eigenvalue weighted by Crippen LogP contribution is -2.53. The van der Waals surface area contributed by atoms with E-state index in [1.165, 1.54) is 10.6 Å². The smallest absolute Gasteiger partial charge is 0.239 e. The van der Waals surface area contributed by atoms with Crippen LogP contribution in [0, 0.1) is 11.8 Å². The number of fused-ring (bicyclic) bond motifs is 1. The van der Waals surface area contributed by atoms with Crippen LogP contribution in [0.4, 0.5) is 14.6 Å². The highest BCUT2D eigenvalue weighted by Crippen LogP contribution is 2.37. The van der Waals surface area contributed by atoms with Gasteiger partial charge < -0.3 is 9.88 Å². The molecule has 2 aromatic heterocycles. The Labute approximate surface area is 156 Å². The number of aromatic nitrogens is 3. The van der Waals surface area contributed by atoms with Crippen LogP contribution in [0.1, 0.15) is 19.3 Å². The molecule has 1 N–H and O–H groups in total. The number of alkyl halides is 2. The molecule has 2 aliphatic rings. The van der Waals surface area contributed by atoms with Gasteiger partial charge in [-0.25, -0.2) is 31.5 Å². The molecule has 1 saturated heterocycles. The second-order valence-corrected chi connectivity index (χ2v) is 9.64. The maximum atomic E-state index is 12.4. The predicted octanol–water partition coefficient (Wildman–Crippen LogP) is 2.09. The van der Waals surface area contributed by atoms with E-state index in [1.54, 1.807) is 0 Å². The molecular weight excluding hydrogens is 376 g/mol. The Morgan fingerprint density at radius 3 is 2.74 bits per heavy atom. The quantitative estimate of drug-likeness (QED) is 0.771. The molecular formula is C17H23F2N5O2S. The summed E-state index contributed by atoms with van der Waals surface area (Å²) in [6, 6.07) is 2.17. The largest absolute Gasteiger partial charge is 0.356 e. The first-order chi connectivity index (χ1) is 12.8.